The zero-order valence-corrected chi connectivity index (χ0v) is 16.9. The van der Waals surface area contributed by atoms with Gasteiger partial charge in [0.15, 0.2) is 0 Å². The lowest BCUT2D eigenvalue weighted by Crippen LogP contribution is -2.50. The van der Waals surface area contributed by atoms with Crippen molar-refractivity contribution in [1.29, 1.82) is 0 Å². The number of piperidine rings is 1. The van der Waals surface area contributed by atoms with Gasteiger partial charge in [0.2, 0.25) is 0 Å². The van der Waals surface area contributed by atoms with Gasteiger partial charge in [-0.05, 0) is 68.7 Å². The van der Waals surface area contributed by atoms with E-state index < -0.39 is 0 Å². The highest BCUT2D eigenvalue weighted by Crippen LogP contribution is 2.45. The first-order valence-corrected chi connectivity index (χ1v) is 10.8. The van der Waals surface area contributed by atoms with E-state index in [9.17, 15) is 0 Å². The number of rotatable bonds is 8. The molecule has 2 heteroatoms. The van der Waals surface area contributed by atoms with Gasteiger partial charge in [-0.2, -0.15) is 0 Å². The molecule has 0 bridgehead atoms. The molecule has 3 rings (SSSR count). The molecule has 2 fully saturated rings. The third kappa shape index (κ3) is 4.17. The van der Waals surface area contributed by atoms with Crippen molar-refractivity contribution in [3.63, 3.8) is 0 Å². The van der Waals surface area contributed by atoms with Gasteiger partial charge in [-0.25, -0.2) is 0 Å². The monoisotopic (exact) mass is 355 g/mol. The number of allylic oxidation sites excluding steroid dienone is 1. The van der Waals surface area contributed by atoms with Crippen molar-refractivity contribution < 1.29 is 4.74 Å². The van der Waals surface area contributed by atoms with Crippen LogP contribution in [0.15, 0.2) is 36.9 Å². The van der Waals surface area contributed by atoms with E-state index in [0.717, 1.165) is 24.7 Å². The van der Waals surface area contributed by atoms with Crippen molar-refractivity contribution in [2.24, 2.45) is 11.8 Å². The standard InChI is InChI=1S/C24H37NO/c1-4-14-24(22-12-9-13-23(17-22)26-6-3)15-16-25(19-21(24)5-2)18-20-10-7-8-11-20/h4,9,12-13,17,20-21H,1,5-8,10-11,14-16,18-19H2,2-3H3. The van der Waals surface area contributed by atoms with Gasteiger partial charge in [0.25, 0.3) is 0 Å². The Morgan fingerprint density at radius 1 is 1.27 bits per heavy atom. The van der Waals surface area contributed by atoms with E-state index in [4.69, 9.17) is 4.74 Å². The largest absolute Gasteiger partial charge is 0.494 e. The van der Waals surface area contributed by atoms with E-state index >= 15 is 0 Å². The Labute approximate surface area is 160 Å². The topological polar surface area (TPSA) is 12.5 Å². The fourth-order valence-electron chi connectivity index (χ4n) is 5.47. The second-order valence-electron chi connectivity index (χ2n) is 8.38. The van der Waals surface area contributed by atoms with Crippen molar-refractivity contribution in [1.82, 2.24) is 4.90 Å². The van der Waals surface area contributed by atoms with Crippen LogP contribution in [0.3, 0.4) is 0 Å². The first-order chi connectivity index (χ1) is 12.7. The molecule has 2 atom stereocenters. The maximum atomic E-state index is 5.80. The molecule has 2 aliphatic rings. The number of hydrogen-bond acceptors (Lipinski definition) is 2. The van der Waals surface area contributed by atoms with Crippen molar-refractivity contribution in [3.8, 4) is 5.75 Å². The minimum atomic E-state index is 0.218. The lowest BCUT2D eigenvalue weighted by molar-refractivity contribution is 0.0765. The predicted molar refractivity (Wildman–Crippen MR) is 111 cm³/mol. The predicted octanol–water partition coefficient (Wildman–Crippen LogP) is 5.82. The molecule has 1 saturated heterocycles. The summed E-state index contributed by atoms with van der Waals surface area (Å²) in [7, 11) is 0. The highest BCUT2D eigenvalue weighted by Gasteiger charge is 2.42. The van der Waals surface area contributed by atoms with Gasteiger partial charge in [0, 0.05) is 18.5 Å². The van der Waals surface area contributed by atoms with Crippen LogP contribution >= 0.6 is 0 Å². The molecule has 1 aliphatic carbocycles. The van der Waals surface area contributed by atoms with E-state index in [1.165, 1.54) is 63.7 Å². The lowest BCUT2D eigenvalue weighted by Gasteiger charge is -2.49. The molecule has 144 valence electrons. The van der Waals surface area contributed by atoms with Gasteiger partial charge < -0.3 is 9.64 Å². The van der Waals surface area contributed by atoms with E-state index in [1.54, 1.807) is 0 Å². The molecule has 1 aromatic carbocycles. The summed E-state index contributed by atoms with van der Waals surface area (Å²) in [6.45, 7) is 13.0. The second kappa shape index (κ2) is 9.08. The Balaban J connectivity index is 1.80. The van der Waals surface area contributed by atoms with E-state index in [2.05, 4.69) is 55.7 Å². The summed E-state index contributed by atoms with van der Waals surface area (Å²) in [5, 5.41) is 0. The average Bonchev–Trinajstić information content (AvgIpc) is 3.17. The summed E-state index contributed by atoms with van der Waals surface area (Å²) in [4.78, 5) is 2.76. The fraction of sp³-hybridized carbons (Fsp3) is 0.667. The number of benzene rings is 1. The quantitative estimate of drug-likeness (QED) is 0.545. The summed E-state index contributed by atoms with van der Waals surface area (Å²) >= 11 is 0. The summed E-state index contributed by atoms with van der Waals surface area (Å²) in [6, 6.07) is 8.87. The first kappa shape index (κ1) is 19.5. The molecule has 0 spiro atoms. The van der Waals surface area contributed by atoms with Gasteiger partial charge in [-0.3, -0.25) is 0 Å². The third-order valence-electron chi connectivity index (χ3n) is 6.85. The number of hydrogen-bond donors (Lipinski definition) is 0. The fourth-order valence-corrected chi connectivity index (χ4v) is 5.47. The Hall–Kier alpha value is -1.28. The summed E-state index contributed by atoms with van der Waals surface area (Å²) in [6.07, 6.45) is 11.5. The molecule has 2 unspecified atom stereocenters. The van der Waals surface area contributed by atoms with Crippen molar-refractivity contribution in [2.45, 2.75) is 64.2 Å². The molecule has 1 aromatic rings. The molecule has 1 heterocycles. The number of ether oxygens (including phenoxy) is 1. The van der Waals surface area contributed by atoms with Crippen LogP contribution in [0.1, 0.15) is 64.4 Å². The van der Waals surface area contributed by atoms with E-state index in [-0.39, 0.29) is 5.41 Å². The molecule has 26 heavy (non-hydrogen) atoms. The molecule has 1 saturated carbocycles. The zero-order valence-electron chi connectivity index (χ0n) is 16.9. The van der Waals surface area contributed by atoms with Crippen LogP contribution in [0, 0.1) is 11.8 Å². The smallest absolute Gasteiger partial charge is 0.119 e. The molecule has 2 nitrogen and oxygen atoms in total. The van der Waals surface area contributed by atoms with Gasteiger partial charge in [0.1, 0.15) is 5.75 Å². The van der Waals surface area contributed by atoms with Crippen LogP contribution in [0.4, 0.5) is 0 Å². The number of nitrogens with zero attached hydrogens (tertiary/aromatic N) is 1. The second-order valence-corrected chi connectivity index (χ2v) is 8.38. The molecule has 0 N–H and O–H groups in total. The van der Waals surface area contributed by atoms with Crippen LogP contribution in [0.5, 0.6) is 5.75 Å². The minimum Gasteiger partial charge on any atom is -0.494 e. The maximum absolute atomic E-state index is 5.80. The average molecular weight is 356 g/mol. The van der Waals surface area contributed by atoms with Gasteiger partial charge in [-0.1, -0.05) is 44.4 Å². The highest BCUT2D eigenvalue weighted by atomic mass is 16.5. The molecule has 1 aliphatic heterocycles. The van der Waals surface area contributed by atoms with E-state index in [1.807, 2.05) is 0 Å². The Morgan fingerprint density at radius 2 is 2.08 bits per heavy atom. The normalized spacial score (nSPS) is 27.5. The molecule has 0 aromatic heterocycles. The molecule has 0 radical (unpaired) electrons. The van der Waals surface area contributed by atoms with Crippen LogP contribution in [0.25, 0.3) is 0 Å². The van der Waals surface area contributed by atoms with E-state index in [0.29, 0.717) is 5.92 Å². The van der Waals surface area contributed by atoms with Crippen LogP contribution in [-0.2, 0) is 5.41 Å². The third-order valence-corrected chi connectivity index (χ3v) is 6.85. The zero-order chi connectivity index (χ0) is 18.4. The Bertz CT molecular complexity index is 577. The molecular weight excluding hydrogens is 318 g/mol. The highest BCUT2D eigenvalue weighted by molar-refractivity contribution is 5.36. The van der Waals surface area contributed by atoms with Crippen LogP contribution < -0.4 is 4.74 Å². The molecule has 0 amide bonds. The van der Waals surface area contributed by atoms with Crippen LogP contribution in [-0.4, -0.2) is 31.1 Å². The van der Waals surface area contributed by atoms with Crippen molar-refractivity contribution in [2.75, 3.05) is 26.2 Å². The van der Waals surface area contributed by atoms with Crippen molar-refractivity contribution in [3.05, 3.63) is 42.5 Å². The summed E-state index contributed by atoms with van der Waals surface area (Å²) < 4.78 is 5.80. The van der Waals surface area contributed by atoms with Gasteiger partial charge >= 0.3 is 0 Å². The van der Waals surface area contributed by atoms with Crippen molar-refractivity contribution >= 4 is 0 Å². The van der Waals surface area contributed by atoms with Gasteiger partial charge in [0.05, 0.1) is 6.61 Å². The lowest BCUT2D eigenvalue weighted by atomic mass is 9.63. The van der Waals surface area contributed by atoms with Crippen LogP contribution in [0.2, 0.25) is 0 Å². The summed E-state index contributed by atoms with van der Waals surface area (Å²) in [5.41, 5.74) is 1.67. The summed E-state index contributed by atoms with van der Waals surface area (Å²) in [5.74, 6) is 2.64. The van der Waals surface area contributed by atoms with Gasteiger partial charge in [-0.15, -0.1) is 6.58 Å². The Morgan fingerprint density at radius 3 is 2.77 bits per heavy atom. The Kier molecular flexibility index (Phi) is 6.80. The first-order valence-electron chi connectivity index (χ1n) is 10.8. The maximum Gasteiger partial charge on any atom is 0.119 e. The minimum absolute atomic E-state index is 0.218. The number of likely N-dealkylation sites (tertiary alicyclic amines) is 1. The SMILES string of the molecule is C=CCC1(c2cccc(OCC)c2)CCN(CC2CCCC2)CC1CC. The molecular formula is C24H37NO.